The van der Waals surface area contributed by atoms with E-state index in [-0.39, 0.29) is 17.5 Å². The minimum absolute atomic E-state index is 0.0121. The fraction of sp³-hybridized carbons (Fsp3) is 0.160. The summed E-state index contributed by atoms with van der Waals surface area (Å²) < 4.78 is 2.61. The molecule has 2 aliphatic heterocycles. The lowest BCUT2D eigenvalue weighted by Gasteiger charge is -2.45. The van der Waals surface area contributed by atoms with E-state index in [4.69, 9.17) is 0 Å². The Morgan fingerprint density at radius 2 is 0.673 bits per heavy atom. The number of nitrogens with zero attached hydrogens (tertiary/aromatic N) is 3. The predicted octanol–water partition coefficient (Wildman–Crippen LogP) is 24.7. The van der Waals surface area contributed by atoms with E-state index in [2.05, 4.69) is 384 Å². The molecule has 2 aliphatic rings. The smallest absolute Gasteiger partial charge is 0.252 e. The van der Waals surface area contributed by atoms with Gasteiger partial charge in [-0.05, 0) is 224 Å². The Morgan fingerprint density at radius 3 is 1.08 bits per heavy atom. The molecule has 0 atom stereocenters. The van der Waals surface area contributed by atoms with Crippen LogP contribution >= 0.6 is 0 Å². The molecule has 0 spiro atoms. The molecule has 15 aromatic rings. The molecule has 0 fully saturated rings. The fourth-order valence-corrected chi connectivity index (χ4v) is 16.7. The molecule has 0 unspecified atom stereocenters. The highest BCUT2D eigenvalue weighted by atomic mass is 15.2. The summed E-state index contributed by atoms with van der Waals surface area (Å²) in [5.74, 6) is 0. The molecule has 0 N–H and O–H groups in total. The second kappa shape index (κ2) is 27.4. The molecule has 1 aromatic heterocycles. The summed E-state index contributed by atoms with van der Waals surface area (Å²) in [6.45, 7) is 18.2. The van der Waals surface area contributed by atoms with Gasteiger partial charge in [-0.1, -0.05) is 310 Å². The molecule has 0 amide bonds. The number of hydrogen-bond donors (Lipinski definition) is 0. The maximum absolute atomic E-state index is 2.79. The van der Waals surface area contributed by atoms with Gasteiger partial charge < -0.3 is 14.4 Å². The summed E-state index contributed by atoms with van der Waals surface area (Å²) in [6, 6.07) is 122. The molecule has 0 bridgehead atoms. The van der Waals surface area contributed by atoms with Crippen LogP contribution in [0.2, 0.25) is 0 Å². The number of fused-ring (bicyclic) bond motifs is 7. The van der Waals surface area contributed by atoms with E-state index in [0.717, 1.165) is 25.7 Å². The van der Waals surface area contributed by atoms with Gasteiger partial charge in [0.05, 0.1) is 0 Å². The summed E-state index contributed by atoms with van der Waals surface area (Å²) in [6.07, 6.45) is 4.35. The number of aromatic nitrogens is 1. The molecular formula is C100H88BN3. The van der Waals surface area contributed by atoms with Crippen molar-refractivity contribution in [2.45, 2.75) is 105 Å². The van der Waals surface area contributed by atoms with E-state index >= 15 is 0 Å². The Balaban J connectivity index is 0.951. The van der Waals surface area contributed by atoms with Gasteiger partial charge in [-0.2, -0.15) is 0 Å². The number of rotatable bonds is 17. The third-order valence-electron chi connectivity index (χ3n) is 22.2. The zero-order chi connectivity index (χ0) is 70.6. The Morgan fingerprint density at radius 1 is 0.288 bits per heavy atom. The van der Waals surface area contributed by atoms with Gasteiger partial charge in [-0.15, -0.1) is 0 Å². The van der Waals surface area contributed by atoms with E-state index in [1.165, 1.54) is 172 Å². The second-order valence-corrected chi connectivity index (χ2v) is 31.0. The molecule has 17 rings (SSSR count). The Bertz CT molecular complexity index is 5460. The Hall–Kier alpha value is -11.5. The highest BCUT2D eigenvalue weighted by Crippen LogP contribution is 2.48. The van der Waals surface area contributed by atoms with Crippen LogP contribution in [-0.4, -0.2) is 11.3 Å². The molecule has 14 aromatic carbocycles. The number of hydrogen-bond acceptors (Lipinski definition) is 2. The van der Waals surface area contributed by atoms with Crippen LogP contribution in [-0.2, 0) is 36.9 Å². The maximum atomic E-state index is 2.79. The van der Waals surface area contributed by atoms with E-state index in [0.29, 0.717) is 19.6 Å². The molecule has 0 saturated carbocycles. The number of anilines is 4. The van der Waals surface area contributed by atoms with Crippen molar-refractivity contribution in [2.75, 3.05) is 9.80 Å². The van der Waals surface area contributed by atoms with Crippen molar-refractivity contribution in [3.05, 3.63) is 355 Å². The summed E-state index contributed by atoms with van der Waals surface area (Å²) in [4.78, 5) is 5.53. The number of aryl methyl sites for hydroxylation is 1. The minimum Gasteiger partial charge on any atom is -0.338 e. The molecule has 0 aliphatic carbocycles. The molecule has 506 valence electrons. The molecule has 104 heavy (non-hydrogen) atoms. The molecule has 0 saturated heterocycles. The second-order valence-electron chi connectivity index (χ2n) is 31.0. The average molecular weight is 1340 g/mol. The van der Waals surface area contributed by atoms with E-state index < -0.39 is 0 Å². The zero-order valence-corrected chi connectivity index (χ0v) is 61.0. The first-order valence-electron chi connectivity index (χ1n) is 37.6. The highest BCUT2D eigenvalue weighted by molar-refractivity contribution is 7.00. The van der Waals surface area contributed by atoms with Gasteiger partial charge >= 0.3 is 0 Å². The lowest BCUT2D eigenvalue weighted by atomic mass is 9.33. The molecule has 4 heteroatoms. The lowest BCUT2D eigenvalue weighted by molar-refractivity contribution is 0.590. The molecule has 0 radical (unpaired) electrons. The van der Waals surface area contributed by atoms with Gasteiger partial charge in [-0.25, -0.2) is 0 Å². The van der Waals surface area contributed by atoms with E-state index in [9.17, 15) is 0 Å². The van der Waals surface area contributed by atoms with Crippen LogP contribution in [0.5, 0.6) is 0 Å². The van der Waals surface area contributed by atoms with Gasteiger partial charge in [0.2, 0.25) is 0 Å². The first-order valence-corrected chi connectivity index (χ1v) is 37.6. The Labute approximate surface area is 615 Å². The minimum atomic E-state index is -0.120. The van der Waals surface area contributed by atoms with Crippen molar-refractivity contribution in [3.63, 3.8) is 0 Å². The maximum Gasteiger partial charge on any atom is 0.252 e. The lowest BCUT2D eigenvalue weighted by Crippen LogP contribution is -2.62. The van der Waals surface area contributed by atoms with Crippen molar-refractivity contribution in [1.82, 2.24) is 4.57 Å². The van der Waals surface area contributed by atoms with Crippen LogP contribution < -0.4 is 26.2 Å². The van der Waals surface area contributed by atoms with Gasteiger partial charge in [-0.3, -0.25) is 0 Å². The van der Waals surface area contributed by atoms with Crippen molar-refractivity contribution in [1.29, 1.82) is 0 Å². The van der Waals surface area contributed by atoms with Crippen LogP contribution in [0, 0.1) is 0 Å². The summed E-state index contributed by atoms with van der Waals surface area (Å²) in [5.41, 5.74) is 36.3. The van der Waals surface area contributed by atoms with Gasteiger partial charge in [0.1, 0.15) is 0 Å². The van der Waals surface area contributed by atoms with Crippen molar-refractivity contribution < 1.29 is 0 Å². The number of benzene rings is 14. The first-order chi connectivity index (χ1) is 50.8. The molecule has 3 heterocycles. The predicted molar refractivity (Wildman–Crippen MR) is 446 cm³/mol. The molecule has 3 nitrogen and oxygen atoms in total. The zero-order valence-electron chi connectivity index (χ0n) is 61.0. The van der Waals surface area contributed by atoms with Crippen molar-refractivity contribution >= 4 is 67.7 Å². The van der Waals surface area contributed by atoms with E-state index in [1.807, 2.05) is 0 Å². The SMILES string of the molecule is CCCCCc1cc2c3c(c1)N(Cc1c(-c4ccccc4)cc(-c4ccccc4)cc1-c1ccccc1)c1cc(Cn4c5ccc(C(C)(C)C)cc5c5cc(C(C)(C)C)ccc54)ccc1B3c1cc(-c3ccccc3)ccc1N2Cc1c(-c2ccccc2)cc(-c2ccccc2)cc1-c1ccccc1. The third kappa shape index (κ3) is 12.4. The third-order valence-corrected chi connectivity index (χ3v) is 22.2. The van der Waals surface area contributed by atoms with Crippen LogP contribution in [0.1, 0.15) is 101 Å². The van der Waals surface area contributed by atoms with Crippen molar-refractivity contribution in [3.8, 4) is 77.9 Å². The monoisotopic (exact) mass is 1340 g/mol. The summed E-state index contributed by atoms with van der Waals surface area (Å²) in [7, 11) is 0. The van der Waals surface area contributed by atoms with Crippen LogP contribution in [0.3, 0.4) is 0 Å². The first kappa shape index (κ1) is 65.8. The van der Waals surface area contributed by atoms with Gasteiger partial charge in [0.25, 0.3) is 6.71 Å². The number of unbranched alkanes of at least 4 members (excludes halogenated alkanes) is 2. The largest absolute Gasteiger partial charge is 0.338 e. The van der Waals surface area contributed by atoms with Crippen LogP contribution in [0.4, 0.5) is 22.7 Å². The average Bonchev–Trinajstić information content (AvgIpc) is 0.834. The van der Waals surface area contributed by atoms with Gasteiger partial charge in [0, 0.05) is 64.2 Å². The van der Waals surface area contributed by atoms with Crippen molar-refractivity contribution in [2.24, 2.45) is 0 Å². The normalized spacial score (nSPS) is 12.6. The van der Waals surface area contributed by atoms with Crippen LogP contribution in [0.15, 0.2) is 322 Å². The summed E-state index contributed by atoms with van der Waals surface area (Å²) >= 11 is 0. The topological polar surface area (TPSA) is 11.4 Å². The van der Waals surface area contributed by atoms with Gasteiger partial charge in [0.15, 0.2) is 0 Å². The standard InChI is InChI=1S/C100H88BN3/c1-8-9-17-32-68-55-96-98-97(56-68)104(67-89-84(75-43-28-15-29-44-75)60-79(72-37-22-12-23-38-72)61-85(89)76-45-30-16-31-46-76)95-57-69(65-102-92-53-49-80(99(2,3)4)63-86(92)87-64-81(100(5,6)7)50-54-93(87)102)47-51-90(95)101(98)91-62-77(70-33-18-10-19-34-70)48-52-94(91)103(96)66-88-82(73-39-24-13-25-40-73)58-78(71-35-20-11-21-36-71)59-83(88)74-41-26-14-27-42-74/h10-16,18-31,33-64H,8-9,17,32,65-67H2,1-7H3. The fourth-order valence-electron chi connectivity index (χ4n) is 16.7. The summed E-state index contributed by atoms with van der Waals surface area (Å²) in [5, 5.41) is 2.63. The Kier molecular flexibility index (Phi) is 17.3. The quantitative estimate of drug-likeness (QED) is 0.0665. The van der Waals surface area contributed by atoms with E-state index in [1.54, 1.807) is 0 Å². The van der Waals surface area contributed by atoms with Crippen LogP contribution in [0.25, 0.3) is 99.7 Å². The molecular weight excluding hydrogens is 1250 g/mol. The highest BCUT2D eigenvalue weighted by Gasteiger charge is 2.44.